The van der Waals surface area contributed by atoms with Crippen LogP contribution in [0.25, 0.3) is 11.0 Å². The van der Waals surface area contributed by atoms with E-state index >= 15 is 0 Å². The molecule has 0 bridgehead atoms. The van der Waals surface area contributed by atoms with E-state index in [0.29, 0.717) is 11.3 Å². The molecule has 0 atom stereocenters. The maximum atomic E-state index is 13.0. The first-order valence-electron chi connectivity index (χ1n) is 10.2. The molecule has 4 aromatic rings. The Balaban J connectivity index is 1.51. The lowest BCUT2D eigenvalue weighted by molar-refractivity contribution is -0.120. The number of carbonyl (C=O) groups is 1. The Labute approximate surface area is 185 Å². The molecule has 1 aromatic heterocycles. The van der Waals surface area contributed by atoms with Crippen LogP contribution in [0.2, 0.25) is 0 Å². The SMILES string of the molecule is O=C(Cc1nc2ccccc2n1CCS(=O)(=O)c1ccccc1)NCc1ccc(F)cc1. The molecule has 0 saturated heterocycles. The summed E-state index contributed by atoms with van der Waals surface area (Å²) < 4.78 is 40.3. The molecular formula is C24H22FN3O3S. The van der Waals surface area contributed by atoms with Crippen LogP contribution in [0.5, 0.6) is 0 Å². The van der Waals surface area contributed by atoms with E-state index in [2.05, 4.69) is 10.3 Å². The standard InChI is InChI=1S/C24H22FN3O3S/c25-19-12-10-18(11-13-19)17-26-24(29)16-23-27-21-8-4-5-9-22(21)28(23)14-15-32(30,31)20-6-2-1-3-7-20/h1-13H,14-17H2,(H,26,29). The van der Waals surface area contributed by atoms with Crippen molar-refractivity contribution in [2.45, 2.75) is 24.4 Å². The Hall–Kier alpha value is -3.52. The first-order valence-corrected chi connectivity index (χ1v) is 11.8. The summed E-state index contributed by atoms with van der Waals surface area (Å²) in [6.07, 6.45) is 0.00125. The number of nitrogens with zero attached hydrogens (tertiary/aromatic N) is 2. The average Bonchev–Trinajstić information content (AvgIpc) is 3.15. The number of halogens is 1. The highest BCUT2D eigenvalue weighted by Crippen LogP contribution is 2.18. The topological polar surface area (TPSA) is 81.1 Å². The van der Waals surface area contributed by atoms with Crippen LogP contribution in [0.4, 0.5) is 4.39 Å². The minimum Gasteiger partial charge on any atom is -0.352 e. The number of sulfone groups is 1. The minimum absolute atomic E-state index is 0.00125. The Morgan fingerprint density at radius 1 is 0.938 bits per heavy atom. The number of fused-ring (bicyclic) bond motifs is 1. The number of hydrogen-bond acceptors (Lipinski definition) is 4. The summed E-state index contributed by atoms with van der Waals surface area (Å²) in [5.74, 6) is -0.205. The van der Waals surface area contributed by atoms with E-state index in [1.165, 1.54) is 12.1 Å². The van der Waals surface area contributed by atoms with Gasteiger partial charge in [-0.3, -0.25) is 4.79 Å². The molecular weight excluding hydrogens is 429 g/mol. The minimum atomic E-state index is -3.48. The van der Waals surface area contributed by atoms with Gasteiger partial charge in [0.1, 0.15) is 11.6 Å². The number of carbonyl (C=O) groups excluding carboxylic acids is 1. The number of amides is 1. The van der Waals surface area contributed by atoms with Gasteiger partial charge >= 0.3 is 0 Å². The molecule has 0 fully saturated rings. The van der Waals surface area contributed by atoms with Crippen molar-refractivity contribution < 1.29 is 17.6 Å². The predicted octanol–water partition coefficient (Wildman–Crippen LogP) is 3.51. The Bertz CT molecular complexity index is 1330. The van der Waals surface area contributed by atoms with Gasteiger partial charge in [-0.25, -0.2) is 17.8 Å². The number of aryl methyl sites for hydroxylation is 1. The maximum Gasteiger partial charge on any atom is 0.227 e. The van der Waals surface area contributed by atoms with Crippen LogP contribution in [-0.2, 0) is 34.1 Å². The Morgan fingerprint density at radius 2 is 1.62 bits per heavy atom. The van der Waals surface area contributed by atoms with Crippen LogP contribution in [0, 0.1) is 5.82 Å². The smallest absolute Gasteiger partial charge is 0.227 e. The number of nitrogens with one attached hydrogen (secondary N) is 1. The molecule has 3 aromatic carbocycles. The third-order valence-corrected chi connectivity index (χ3v) is 6.85. The molecule has 0 aliphatic carbocycles. The summed E-state index contributed by atoms with van der Waals surface area (Å²) in [5, 5.41) is 2.80. The normalized spacial score (nSPS) is 11.5. The van der Waals surface area contributed by atoms with Crippen LogP contribution in [0.3, 0.4) is 0 Å². The Kier molecular flexibility index (Phi) is 6.32. The molecule has 1 amide bonds. The molecule has 6 nitrogen and oxygen atoms in total. The van der Waals surface area contributed by atoms with E-state index in [-0.39, 0.29) is 41.9 Å². The summed E-state index contributed by atoms with van der Waals surface area (Å²) >= 11 is 0. The van der Waals surface area contributed by atoms with Gasteiger partial charge in [-0.15, -0.1) is 0 Å². The van der Waals surface area contributed by atoms with Crippen LogP contribution in [0.1, 0.15) is 11.4 Å². The van der Waals surface area contributed by atoms with Gasteiger partial charge in [0.15, 0.2) is 9.84 Å². The molecule has 0 aliphatic rings. The molecule has 1 heterocycles. The van der Waals surface area contributed by atoms with E-state index in [4.69, 9.17) is 0 Å². The van der Waals surface area contributed by atoms with Crippen molar-refractivity contribution in [1.29, 1.82) is 0 Å². The largest absolute Gasteiger partial charge is 0.352 e. The highest BCUT2D eigenvalue weighted by atomic mass is 32.2. The zero-order valence-electron chi connectivity index (χ0n) is 17.2. The summed E-state index contributed by atoms with van der Waals surface area (Å²) in [7, 11) is -3.48. The van der Waals surface area contributed by atoms with Crippen molar-refractivity contribution in [3.8, 4) is 0 Å². The van der Waals surface area contributed by atoms with Gasteiger partial charge in [-0.1, -0.05) is 42.5 Å². The molecule has 0 spiro atoms. The predicted molar refractivity (Wildman–Crippen MR) is 120 cm³/mol. The number of hydrogen-bond donors (Lipinski definition) is 1. The zero-order chi connectivity index (χ0) is 22.6. The third kappa shape index (κ3) is 5.03. The van der Waals surface area contributed by atoms with Gasteiger partial charge in [-0.2, -0.15) is 0 Å². The summed E-state index contributed by atoms with van der Waals surface area (Å²) in [5.41, 5.74) is 2.25. The van der Waals surface area contributed by atoms with E-state index in [0.717, 1.165) is 11.1 Å². The molecule has 0 radical (unpaired) electrons. The molecule has 1 N–H and O–H groups in total. The van der Waals surface area contributed by atoms with Crippen molar-refractivity contribution >= 4 is 26.8 Å². The van der Waals surface area contributed by atoms with Crippen molar-refractivity contribution in [1.82, 2.24) is 14.9 Å². The molecule has 0 unspecified atom stereocenters. The van der Waals surface area contributed by atoms with E-state index < -0.39 is 9.84 Å². The number of benzene rings is 3. The Morgan fingerprint density at radius 3 is 2.38 bits per heavy atom. The van der Waals surface area contributed by atoms with Gasteiger partial charge < -0.3 is 9.88 Å². The second kappa shape index (κ2) is 9.32. The quantitative estimate of drug-likeness (QED) is 0.445. The lowest BCUT2D eigenvalue weighted by Crippen LogP contribution is -2.26. The number of para-hydroxylation sites is 2. The van der Waals surface area contributed by atoms with E-state index in [9.17, 15) is 17.6 Å². The number of rotatable bonds is 8. The lowest BCUT2D eigenvalue weighted by atomic mass is 10.2. The van der Waals surface area contributed by atoms with Crippen LogP contribution < -0.4 is 5.32 Å². The molecule has 4 rings (SSSR count). The molecule has 0 saturated carbocycles. The third-order valence-electron chi connectivity index (χ3n) is 5.14. The highest BCUT2D eigenvalue weighted by molar-refractivity contribution is 7.91. The fourth-order valence-electron chi connectivity index (χ4n) is 3.48. The first kappa shape index (κ1) is 21.7. The van der Waals surface area contributed by atoms with E-state index in [1.807, 2.05) is 24.3 Å². The van der Waals surface area contributed by atoms with Gasteiger partial charge in [0, 0.05) is 13.1 Å². The summed E-state index contributed by atoms with van der Waals surface area (Å²) in [6, 6.07) is 21.6. The monoisotopic (exact) mass is 451 g/mol. The zero-order valence-corrected chi connectivity index (χ0v) is 18.1. The van der Waals surface area contributed by atoms with Crippen molar-refractivity contribution in [2.75, 3.05) is 5.75 Å². The second-order valence-electron chi connectivity index (χ2n) is 7.38. The van der Waals surface area contributed by atoms with Crippen molar-refractivity contribution in [3.63, 3.8) is 0 Å². The van der Waals surface area contributed by atoms with Crippen LogP contribution in [0.15, 0.2) is 83.8 Å². The molecule has 32 heavy (non-hydrogen) atoms. The van der Waals surface area contributed by atoms with Gasteiger partial charge in [0.25, 0.3) is 0 Å². The average molecular weight is 452 g/mol. The maximum absolute atomic E-state index is 13.0. The van der Waals surface area contributed by atoms with Crippen LogP contribution >= 0.6 is 0 Å². The van der Waals surface area contributed by atoms with E-state index in [1.54, 1.807) is 47.0 Å². The van der Waals surface area contributed by atoms with Crippen molar-refractivity contribution in [2.24, 2.45) is 0 Å². The second-order valence-corrected chi connectivity index (χ2v) is 9.49. The van der Waals surface area contributed by atoms with Crippen LogP contribution in [-0.4, -0.2) is 29.6 Å². The highest BCUT2D eigenvalue weighted by Gasteiger charge is 2.18. The van der Waals surface area contributed by atoms with Crippen molar-refractivity contribution in [3.05, 3.63) is 96.1 Å². The van der Waals surface area contributed by atoms with Gasteiger partial charge in [0.05, 0.1) is 28.1 Å². The number of imidazole rings is 1. The molecule has 164 valence electrons. The molecule has 8 heteroatoms. The van der Waals surface area contributed by atoms with Gasteiger partial charge in [0.2, 0.25) is 5.91 Å². The first-order chi connectivity index (χ1) is 15.4. The summed E-state index contributed by atoms with van der Waals surface area (Å²) in [4.78, 5) is 17.4. The number of aromatic nitrogens is 2. The fourth-order valence-corrected chi connectivity index (χ4v) is 4.71. The lowest BCUT2D eigenvalue weighted by Gasteiger charge is -2.11. The molecule has 0 aliphatic heterocycles. The fraction of sp³-hybridized carbons (Fsp3) is 0.167. The van der Waals surface area contributed by atoms with Gasteiger partial charge in [-0.05, 0) is 42.0 Å². The summed E-state index contributed by atoms with van der Waals surface area (Å²) in [6.45, 7) is 0.444.